The summed E-state index contributed by atoms with van der Waals surface area (Å²) in [5.41, 5.74) is 0.0456. The summed E-state index contributed by atoms with van der Waals surface area (Å²) in [7, 11) is 1.61. The van der Waals surface area contributed by atoms with Gasteiger partial charge in [-0.25, -0.2) is 4.79 Å². The van der Waals surface area contributed by atoms with Gasteiger partial charge in [-0.05, 0) is 37.1 Å². The van der Waals surface area contributed by atoms with Crippen LogP contribution in [0.15, 0.2) is 24.3 Å². The van der Waals surface area contributed by atoms with Gasteiger partial charge in [0.15, 0.2) is 0 Å². The summed E-state index contributed by atoms with van der Waals surface area (Å²) in [5.74, 6) is 0.0113. The number of methoxy groups -OCH3 is 1. The van der Waals surface area contributed by atoms with Crippen molar-refractivity contribution in [3.05, 3.63) is 24.3 Å². The van der Waals surface area contributed by atoms with Crippen LogP contribution in [0.4, 0.5) is 5.69 Å². The smallest absolute Gasteiger partial charge is 0.329 e. The molecule has 1 fully saturated rings. The molecule has 0 saturated heterocycles. The Bertz CT molecular complexity index is 394. The van der Waals surface area contributed by atoms with E-state index >= 15 is 0 Å². The molecule has 1 aliphatic carbocycles. The number of carboxylic acid groups (broad SMARTS) is 1. The van der Waals surface area contributed by atoms with Gasteiger partial charge in [-0.1, -0.05) is 12.8 Å². The van der Waals surface area contributed by atoms with Gasteiger partial charge in [-0.15, -0.1) is 0 Å². The van der Waals surface area contributed by atoms with Crippen LogP contribution in [0.2, 0.25) is 0 Å². The fourth-order valence-electron chi connectivity index (χ4n) is 2.32. The van der Waals surface area contributed by atoms with E-state index in [1.165, 1.54) is 0 Å². The van der Waals surface area contributed by atoms with Gasteiger partial charge in [0.25, 0.3) is 0 Å². The molecular formula is C13H17NO3. The minimum Gasteiger partial charge on any atom is -0.497 e. The fraction of sp³-hybridized carbons (Fsp3) is 0.462. The first-order chi connectivity index (χ1) is 8.16. The number of anilines is 1. The number of ether oxygens (including phenoxy) is 1. The second-order valence-electron chi connectivity index (χ2n) is 4.45. The Balaban J connectivity index is 2.15. The van der Waals surface area contributed by atoms with Crippen molar-refractivity contribution in [1.29, 1.82) is 0 Å². The Morgan fingerprint density at radius 3 is 2.35 bits per heavy atom. The zero-order chi connectivity index (χ0) is 12.3. The minimum absolute atomic E-state index is 0.689. The van der Waals surface area contributed by atoms with E-state index in [2.05, 4.69) is 5.32 Å². The van der Waals surface area contributed by atoms with Crippen molar-refractivity contribution >= 4 is 11.7 Å². The van der Waals surface area contributed by atoms with Crippen molar-refractivity contribution in [3.63, 3.8) is 0 Å². The number of benzene rings is 1. The Hall–Kier alpha value is -1.71. The monoisotopic (exact) mass is 235 g/mol. The molecule has 0 amide bonds. The number of rotatable bonds is 4. The summed E-state index contributed by atoms with van der Waals surface area (Å²) in [6, 6.07) is 7.35. The van der Waals surface area contributed by atoms with E-state index in [0.29, 0.717) is 12.8 Å². The van der Waals surface area contributed by atoms with E-state index in [1.54, 1.807) is 7.11 Å². The van der Waals surface area contributed by atoms with Crippen molar-refractivity contribution in [2.45, 2.75) is 31.2 Å². The standard InChI is InChI=1S/C13H17NO3/c1-17-11-6-4-10(5-7-11)14-13(12(15)16)8-2-3-9-13/h4-7,14H,2-3,8-9H2,1H3,(H,15,16). The average Bonchev–Trinajstić information content (AvgIpc) is 2.80. The number of carboxylic acids is 1. The zero-order valence-electron chi connectivity index (χ0n) is 9.90. The van der Waals surface area contributed by atoms with Crippen LogP contribution in [0.3, 0.4) is 0 Å². The quantitative estimate of drug-likeness (QED) is 0.841. The molecule has 1 saturated carbocycles. The maximum Gasteiger partial charge on any atom is 0.329 e. The molecule has 1 aromatic rings. The Morgan fingerprint density at radius 1 is 1.29 bits per heavy atom. The number of aliphatic carboxylic acids is 1. The molecule has 17 heavy (non-hydrogen) atoms. The maximum absolute atomic E-state index is 11.4. The second kappa shape index (κ2) is 4.65. The van der Waals surface area contributed by atoms with Crippen LogP contribution in [0.25, 0.3) is 0 Å². The zero-order valence-corrected chi connectivity index (χ0v) is 9.90. The molecule has 0 spiro atoms. The van der Waals surface area contributed by atoms with Gasteiger partial charge in [0.1, 0.15) is 11.3 Å². The number of hydrogen-bond donors (Lipinski definition) is 2. The maximum atomic E-state index is 11.4. The average molecular weight is 235 g/mol. The molecular weight excluding hydrogens is 218 g/mol. The predicted octanol–water partition coefficient (Wildman–Crippen LogP) is 2.50. The lowest BCUT2D eigenvalue weighted by atomic mass is 9.97. The molecule has 4 heteroatoms. The summed E-state index contributed by atoms with van der Waals surface area (Å²) in [6.07, 6.45) is 3.31. The molecule has 2 rings (SSSR count). The number of nitrogens with one attached hydrogen (secondary N) is 1. The van der Waals surface area contributed by atoms with Crippen LogP contribution in [0, 0.1) is 0 Å². The number of hydrogen-bond acceptors (Lipinski definition) is 3. The van der Waals surface area contributed by atoms with E-state index in [1.807, 2.05) is 24.3 Å². The van der Waals surface area contributed by atoms with Crippen molar-refractivity contribution < 1.29 is 14.6 Å². The molecule has 4 nitrogen and oxygen atoms in total. The first-order valence-corrected chi connectivity index (χ1v) is 5.82. The van der Waals surface area contributed by atoms with E-state index in [4.69, 9.17) is 4.74 Å². The highest BCUT2D eigenvalue weighted by molar-refractivity contribution is 5.83. The largest absolute Gasteiger partial charge is 0.497 e. The van der Waals surface area contributed by atoms with Gasteiger partial charge in [-0.2, -0.15) is 0 Å². The Morgan fingerprint density at radius 2 is 1.88 bits per heavy atom. The molecule has 0 bridgehead atoms. The first kappa shape index (κ1) is 11.8. The molecule has 1 aromatic carbocycles. The van der Waals surface area contributed by atoms with Gasteiger partial charge >= 0.3 is 5.97 Å². The molecule has 1 aliphatic rings. The molecule has 0 radical (unpaired) electrons. The van der Waals surface area contributed by atoms with Crippen LogP contribution < -0.4 is 10.1 Å². The van der Waals surface area contributed by atoms with Gasteiger partial charge in [0, 0.05) is 5.69 Å². The topological polar surface area (TPSA) is 58.6 Å². The van der Waals surface area contributed by atoms with Crippen molar-refractivity contribution in [2.24, 2.45) is 0 Å². The van der Waals surface area contributed by atoms with E-state index in [9.17, 15) is 9.90 Å². The fourth-order valence-corrected chi connectivity index (χ4v) is 2.32. The second-order valence-corrected chi connectivity index (χ2v) is 4.45. The predicted molar refractivity (Wildman–Crippen MR) is 65.5 cm³/mol. The van der Waals surface area contributed by atoms with Crippen LogP contribution in [-0.2, 0) is 4.79 Å². The van der Waals surface area contributed by atoms with Gasteiger partial charge in [-0.3, -0.25) is 0 Å². The Kier molecular flexibility index (Phi) is 3.22. The van der Waals surface area contributed by atoms with Crippen LogP contribution in [-0.4, -0.2) is 23.7 Å². The molecule has 0 aromatic heterocycles. The lowest BCUT2D eigenvalue weighted by Gasteiger charge is -2.26. The summed E-state index contributed by atoms with van der Waals surface area (Å²) >= 11 is 0. The summed E-state index contributed by atoms with van der Waals surface area (Å²) in [6.45, 7) is 0. The van der Waals surface area contributed by atoms with E-state index in [-0.39, 0.29) is 0 Å². The third-order valence-electron chi connectivity index (χ3n) is 3.34. The lowest BCUT2D eigenvalue weighted by Crippen LogP contribution is -2.43. The van der Waals surface area contributed by atoms with Crippen LogP contribution in [0.5, 0.6) is 5.75 Å². The highest BCUT2D eigenvalue weighted by Crippen LogP contribution is 2.33. The molecule has 0 heterocycles. The lowest BCUT2D eigenvalue weighted by molar-refractivity contribution is -0.142. The minimum atomic E-state index is -0.783. The summed E-state index contributed by atoms with van der Waals surface area (Å²) < 4.78 is 5.07. The molecule has 2 N–H and O–H groups in total. The van der Waals surface area contributed by atoms with Gasteiger partial charge < -0.3 is 15.2 Å². The molecule has 0 aliphatic heterocycles. The molecule has 0 atom stereocenters. The highest BCUT2D eigenvalue weighted by atomic mass is 16.5. The highest BCUT2D eigenvalue weighted by Gasteiger charge is 2.41. The van der Waals surface area contributed by atoms with Gasteiger partial charge in [0.05, 0.1) is 7.11 Å². The van der Waals surface area contributed by atoms with Crippen molar-refractivity contribution in [2.75, 3.05) is 12.4 Å². The van der Waals surface area contributed by atoms with Gasteiger partial charge in [0.2, 0.25) is 0 Å². The molecule has 92 valence electrons. The first-order valence-electron chi connectivity index (χ1n) is 5.82. The third-order valence-corrected chi connectivity index (χ3v) is 3.34. The third kappa shape index (κ3) is 2.35. The number of carbonyl (C=O) groups is 1. The van der Waals surface area contributed by atoms with Crippen molar-refractivity contribution in [1.82, 2.24) is 0 Å². The summed E-state index contributed by atoms with van der Waals surface area (Å²) in [5, 5.41) is 12.5. The SMILES string of the molecule is COc1ccc(NC2(C(=O)O)CCCC2)cc1. The van der Waals surface area contributed by atoms with Crippen LogP contribution >= 0.6 is 0 Å². The molecule has 0 unspecified atom stereocenters. The summed E-state index contributed by atoms with van der Waals surface area (Å²) in [4.78, 5) is 11.4. The van der Waals surface area contributed by atoms with E-state index < -0.39 is 11.5 Å². The normalized spacial score (nSPS) is 17.7. The van der Waals surface area contributed by atoms with Crippen molar-refractivity contribution in [3.8, 4) is 5.75 Å². The van der Waals surface area contributed by atoms with Crippen LogP contribution in [0.1, 0.15) is 25.7 Å². The van der Waals surface area contributed by atoms with E-state index in [0.717, 1.165) is 24.3 Å². The Labute approximate surface area is 101 Å².